The van der Waals surface area contributed by atoms with Crippen molar-refractivity contribution in [3.63, 3.8) is 0 Å². The van der Waals surface area contributed by atoms with Crippen LogP contribution in [0.1, 0.15) is 30.9 Å². The third-order valence-corrected chi connectivity index (χ3v) is 5.48. The lowest BCUT2D eigenvalue weighted by Crippen LogP contribution is -2.43. The van der Waals surface area contributed by atoms with Crippen LogP contribution in [-0.4, -0.2) is 38.0 Å². The van der Waals surface area contributed by atoms with Gasteiger partial charge in [0.1, 0.15) is 0 Å². The van der Waals surface area contributed by atoms with Crippen LogP contribution in [0.2, 0.25) is 0 Å². The number of hydrogen-bond acceptors (Lipinski definition) is 3. The quantitative estimate of drug-likeness (QED) is 0.923. The van der Waals surface area contributed by atoms with E-state index in [4.69, 9.17) is 0 Å². The molecule has 0 saturated carbocycles. The zero-order valence-electron chi connectivity index (χ0n) is 13.4. The largest absolute Gasteiger partial charge is 0.325 e. The minimum absolute atomic E-state index is 0.0858. The number of piperidine rings is 1. The number of aryl methyl sites for hydroxylation is 2. The summed E-state index contributed by atoms with van der Waals surface area (Å²) in [5.74, 6) is -0.370. The number of nitrogens with zero attached hydrogens (tertiary/aromatic N) is 1. The Morgan fingerprint density at radius 3 is 2.77 bits per heavy atom. The van der Waals surface area contributed by atoms with E-state index in [0.717, 1.165) is 36.1 Å². The summed E-state index contributed by atoms with van der Waals surface area (Å²) in [4.78, 5) is 12.5. The van der Waals surface area contributed by atoms with Crippen molar-refractivity contribution in [1.82, 2.24) is 4.31 Å². The molecule has 6 heteroatoms. The number of anilines is 1. The SMILES string of the molecule is CCc1cccc(C)c1NC(=O)[C@@H]1CCCN(S(C)(=O)=O)C1. The first-order chi connectivity index (χ1) is 10.3. The molecule has 1 aromatic rings. The Labute approximate surface area is 132 Å². The minimum Gasteiger partial charge on any atom is -0.325 e. The van der Waals surface area contributed by atoms with Crippen LogP contribution >= 0.6 is 0 Å². The number of sulfonamides is 1. The lowest BCUT2D eigenvalue weighted by atomic mass is 9.98. The second-order valence-corrected chi connectivity index (χ2v) is 7.89. The topological polar surface area (TPSA) is 66.5 Å². The van der Waals surface area contributed by atoms with E-state index in [-0.39, 0.29) is 18.4 Å². The second kappa shape index (κ2) is 6.79. The van der Waals surface area contributed by atoms with E-state index in [9.17, 15) is 13.2 Å². The molecule has 0 bridgehead atoms. The van der Waals surface area contributed by atoms with Gasteiger partial charge in [-0.15, -0.1) is 0 Å². The molecule has 1 heterocycles. The number of carbonyl (C=O) groups excluding carboxylic acids is 1. The van der Waals surface area contributed by atoms with Crippen LogP contribution in [-0.2, 0) is 21.2 Å². The zero-order chi connectivity index (χ0) is 16.3. The summed E-state index contributed by atoms with van der Waals surface area (Å²) in [6, 6.07) is 5.96. The van der Waals surface area contributed by atoms with Crippen LogP contribution in [0.15, 0.2) is 18.2 Å². The van der Waals surface area contributed by atoms with Crippen molar-refractivity contribution in [1.29, 1.82) is 0 Å². The first kappa shape index (κ1) is 17.0. The van der Waals surface area contributed by atoms with Gasteiger partial charge in [-0.2, -0.15) is 0 Å². The maximum absolute atomic E-state index is 12.5. The summed E-state index contributed by atoms with van der Waals surface area (Å²) in [6.07, 6.45) is 3.49. The van der Waals surface area contributed by atoms with Crippen LogP contribution in [0.4, 0.5) is 5.69 Å². The van der Waals surface area contributed by atoms with Gasteiger partial charge in [0.15, 0.2) is 0 Å². The van der Waals surface area contributed by atoms with Gasteiger partial charge in [0.2, 0.25) is 15.9 Å². The molecule has 122 valence electrons. The maximum Gasteiger partial charge on any atom is 0.228 e. The van der Waals surface area contributed by atoms with E-state index < -0.39 is 10.0 Å². The van der Waals surface area contributed by atoms with Crippen LogP contribution in [0, 0.1) is 12.8 Å². The van der Waals surface area contributed by atoms with Gasteiger partial charge in [-0.25, -0.2) is 12.7 Å². The molecule has 0 spiro atoms. The highest BCUT2D eigenvalue weighted by Crippen LogP contribution is 2.24. The second-order valence-electron chi connectivity index (χ2n) is 5.91. The predicted molar refractivity (Wildman–Crippen MR) is 88.3 cm³/mol. The lowest BCUT2D eigenvalue weighted by Gasteiger charge is -2.30. The standard InChI is InChI=1S/C16H24N2O3S/c1-4-13-8-5-7-12(2)15(13)17-16(19)14-9-6-10-18(11-14)22(3,20)21/h5,7-8,14H,4,6,9-11H2,1-3H3,(H,17,19)/t14-/m1/s1. The summed E-state index contributed by atoms with van der Waals surface area (Å²) in [5.41, 5.74) is 3.00. The van der Waals surface area contributed by atoms with E-state index in [1.54, 1.807) is 0 Å². The molecule has 1 saturated heterocycles. The molecule has 22 heavy (non-hydrogen) atoms. The van der Waals surface area contributed by atoms with Gasteiger partial charge in [0.05, 0.1) is 12.2 Å². The minimum atomic E-state index is -3.23. The molecule has 1 N–H and O–H groups in total. The zero-order valence-corrected chi connectivity index (χ0v) is 14.2. The fourth-order valence-electron chi connectivity index (χ4n) is 2.88. The number of rotatable bonds is 4. The summed E-state index contributed by atoms with van der Waals surface area (Å²) >= 11 is 0. The van der Waals surface area contributed by atoms with Gasteiger partial charge >= 0.3 is 0 Å². The van der Waals surface area contributed by atoms with Crippen molar-refractivity contribution in [3.05, 3.63) is 29.3 Å². The summed E-state index contributed by atoms with van der Waals surface area (Å²) in [5, 5.41) is 3.01. The number of carbonyl (C=O) groups is 1. The Bertz CT molecular complexity index is 655. The Morgan fingerprint density at radius 2 is 2.14 bits per heavy atom. The van der Waals surface area contributed by atoms with Crippen LogP contribution in [0.25, 0.3) is 0 Å². The Hall–Kier alpha value is -1.40. The summed E-state index contributed by atoms with van der Waals surface area (Å²) in [6.45, 7) is 4.81. The van der Waals surface area contributed by atoms with Crippen molar-refractivity contribution in [2.45, 2.75) is 33.1 Å². The molecule has 1 aromatic carbocycles. The fourth-order valence-corrected chi connectivity index (χ4v) is 3.80. The van der Waals surface area contributed by atoms with E-state index in [1.807, 2.05) is 25.1 Å². The first-order valence-corrected chi connectivity index (χ1v) is 9.52. The highest BCUT2D eigenvalue weighted by molar-refractivity contribution is 7.88. The Balaban J connectivity index is 2.13. The summed E-state index contributed by atoms with van der Waals surface area (Å²) < 4.78 is 24.7. The smallest absolute Gasteiger partial charge is 0.228 e. The van der Waals surface area contributed by atoms with E-state index >= 15 is 0 Å². The Morgan fingerprint density at radius 1 is 1.41 bits per heavy atom. The van der Waals surface area contributed by atoms with Crippen LogP contribution < -0.4 is 5.32 Å². The molecule has 0 aromatic heterocycles. The van der Waals surface area contributed by atoms with Gasteiger partial charge in [-0.3, -0.25) is 4.79 Å². The molecule has 0 unspecified atom stereocenters. The highest BCUT2D eigenvalue weighted by atomic mass is 32.2. The van der Waals surface area contributed by atoms with Gasteiger partial charge in [0, 0.05) is 18.8 Å². The highest BCUT2D eigenvalue weighted by Gasteiger charge is 2.30. The fraction of sp³-hybridized carbons (Fsp3) is 0.562. The normalized spacial score (nSPS) is 19.9. The number of amides is 1. The number of nitrogens with one attached hydrogen (secondary N) is 1. The average Bonchev–Trinajstić information content (AvgIpc) is 2.48. The summed E-state index contributed by atoms with van der Waals surface area (Å²) in [7, 11) is -3.23. The predicted octanol–water partition coefficient (Wildman–Crippen LogP) is 2.17. The van der Waals surface area contributed by atoms with Crippen molar-refractivity contribution in [2.24, 2.45) is 5.92 Å². The molecule has 5 nitrogen and oxygen atoms in total. The van der Waals surface area contributed by atoms with Gasteiger partial charge < -0.3 is 5.32 Å². The van der Waals surface area contributed by atoms with Crippen molar-refractivity contribution >= 4 is 21.6 Å². The van der Waals surface area contributed by atoms with E-state index in [1.165, 1.54) is 10.6 Å². The molecular weight excluding hydrogens is 300 g/mol. The lowest BCUT2D eigenvalue weighted by molar-refractivity contribution is -0.120. The van der Waals surface area contributed by atoms with Crippen molar-refractivity contribution in [2.75, 3.05) is 24.7 Å². The molecular formula is C16H24N2O3S. The van der Waals surface area contributed by atoms with Crippen LogP contribution in [0.3, 0.4) is 0 Å². The molecule has 0 radical (unpaired) electrons. The van der Waals surface area contributed by atoms with E-state index in [0.29, 0.717) is 6.54 Å². The van der Waals surface area contributed by atoms with Crippen molar-refractivity contribution in [3.8, 4) is 0 Å². The molecule has 0 aliphatic carbocycles. The monoisotopic (exact) mass is 324 g/mol. The number of hydrogen-bond donors (Lipinski definition) is 1. The third kappa shape index (κ3) is 3.87. The average molecular weight is 324 g/mol. The van der Waals surface area contributed by atoms with Crippen molar-refractivity contribution < 1.29 is 13.2 Å². The molecule has 1 aliphatic rings. The number of para-hydroxylation sites is 1. The van der Waals surface area contributed by atoms with Gasteiger partial charge in [-0.05, 0) is 37.3 Å². The van der Waals surface area contributed by atoms with E-state index in [2.05, 4.69) is 12.2 Å². The Kier molecular flexibility index (Phi) is 5.24. The van der Waals surface area contributed by atoms with Gasteiger partial charge in [0.25, 0.3) is 0 Å². The third-order valence-electron chi connectivity index (χ3n) is 4.21. The maximum atomic E-state index is 12.5. The van der Waals surface area contributed by atoms with Crippen LogP contribution in [0.5, 0.6) is 0 Å². The molecule has 1 atom stereocenters. The van der Waals surface area contributed by atoms with Gasteiger partial charge in [-0.1, -0.05) is 25.1 Å². The molecule has 1 amide bonds. The molecule has 1 fully saturated rings. The number of benzene rings is 1. The molecule has 1 aliphatic heterocycles. The first-order valence-electron chi connectivity index (χ1n) is 7.67. The molecule has 2 rings (SSSR count).